The van der Waals surface area contributed by atoms with E-state index in [-0.39, 0.29) is 46.2 Å². The molecule has 2 unspecified atom stereocenters. The molecule has 0 heterocycles. The first-order chi connectivity index (χ1) is 16.3. The molecule has 0 aliphatic rings. The summed E-state index contributed by atoms with van der Waals surface area (Å²) in [6.07, 6.45) is 4.37. The highest BCUT2D eigenvalue weighted by Crippen LogP contribution is 2.23. The molecule has 0 amide bonds. The molecule has 34 heavy (non-hydrogen) atoms. The third-order valence-corrected chi connectivity index (χ3v) is 5.37. The third-order valence-electron chi connectivity index (χ3n) is 5.37. The van der Waals surface area contributed by atoms with E-state index in [1.165, 1.54) is 0 Å². The Bertz CT molecular complexity index is 338. The van der Waals surface area contributed by atoms with E-state index in [0.29, 0.717) is 52.1 Å². The van der Waals surface area contributed by atoms with E-state index in [1.54, 1.807) is 9.80 Å². The molecule has 0 aliphatic heterocycles. The first kappa shape index (κ1) is 38.1. The van der Waals surface area contributed by atoms with Gasteiger partial charge in [0.25, 0.3) is 0 Å². The molecule has 0 radical (unpaired) electrons. The zero-order valence-electron chi connectivity index (χ0n) is 21.4. The number of hydrogen-bond donors (Lipinski definition) is 9. The molecule has 0 bridgehead atoms. The maximum absolute atomic E-state index is 9.98. The minimum absolute atomic E-state index is 0.0694. The lowest BCUT2D eigenvalue weighted by atomic mass is 9.88. The predicted molar refractivity (Wildman–Crippen MR) is 132 cm³/mol. The van der Waals surface area contributed by atoms with Gasteiger partial charge in [-0.25, -0.2) is 0 Å². The van der Waals surface area contributed by atoms with Crippen LogP contribution in [0.25, 0.3) is 0 Å². The first-order valence-corrected chi connectivity index (χ1v) is 12.4. The van der Waals surface area contributed by atoms with E-state index in [4.69, 9.17) is 35.7 Å². The van der Waals surface area contributed by atoms with Gasteiger partial charge < -0.3 is 46.0 Å². The van der Waals surface area contributed by atoms with Crippen LogP contribution in [0.5, 0.6) is 0 Å². The van der Waals surface area contributed by atoms with Gasteiger partial charge in [-0.2, -0.15) is 0 Å². The zero-order chi connectivity index (χ0) is 26.7. The minimum Gasteiger partial charge on any atom is -0.395 e. The van der Waals surface area contributed by atoms with Crippen molar-refractivity contribution in [1.82, 2.24) is 9.80 Å². The van der Waals surface area contributed by atoms with Gasteiger partial charge in [0, 0.05) is 39.3 Å². The largest absolute Gasteiger partial charge is 0.395 e. The fourth-order valence-corrected chi connectivity index (χ4v) is 3.13. The van der Waals surface area contributed by atoms with Crippen LogP contribution in [0.4, 0.5) is 0 Å². The molecule has 11 nitrogen and oxygen atoms in total. The van der Waals surface area contributed by atoms with Gasteiger partial charge in [0.05, 0.1) is 51.8 Å². The van der Waals surface area contributed by atoms with E-state index >= 15 is 0 Å². The van der Waals surface area contributed by atoms with Crippen molar-refractivity contribution in [1.29, 1.82) is 0 Å². The number of aliphatic hydroxyl groups excluding tert-OH is 8. The summed E-state index contributed by atoms with van der Waals surface area (Å²) < 4.78 is 0. The van der Waals surface area contributed by atoms with Gasteiger partial charge >= 0.3 is 0 Å². The van der Waals surface area contributed by atoms with Crippen molar-refractivity contribution in [2.75, 3.05) is 85.5 Å². The lowest BCUT2D eigenvalue weighted by Crippen LogP contribution is -2.43. The molecule has 210 valence electrons. The molecule has 2 atom stereocenters. The number of unbranched alkanes of at least 4 members (excludes halogenated alkanes) is 3. The normalized spacial score (nSPS) is 13.7. The standard InChI is InChI=1S/C11H24O3.2C6H15NO3/c1-3-5-6-7-8-11(14,4-2)10(13)9-12;2*8-4-1-7(2-5-9)3-6-10/h10,12-14H,3-9H2,1-2H3;2*8-10H,1-6H2. The van der Waals surface area contributed by atoms with Crippen LogP contribution in [0.1, 0.15) is 52.4 Å². The Morgan fingerprint density at radius 3 is 1.18 bits per heavy atom. The molecule has 0 saturated heterocycles. The lowest BCUT2D eigenvalue weighted by molar-refractivity contribution is -0.102. The smallest absolute Gasteiger partial charge is 0.106 e. The summed E-state index contributed by atoms with van der Waals surface area (Å²) in [5, 5.41) is 79.1. The van der Waals surface area contributed by atoms with E-state index in [1.807, 2.05) is 6.92 Å². The molecule has 0 aromatic carbocycles. The average molecular weight is 503 g/mol. The van der Waals surface area contributed by atoms with Crippen LogP contribution in [-0.4, -0.2) is 153 Å². The number of nitrogens with zero attached hydrogens (tertiary/aromatic N) is 2. The van der Waals surface area contributed by atoms with Crippen LogP contribution in [0.3, 0.4) is 0 Å². The quantitative estimate of drug-likeness (QED) is 0.0836. The Hall–Kier alpha value is -0.440. The van der Waals surface area contributed by atoms with Crippen LogP contribution in [0.15, 0.2) is 0 Å². The molecule has 11 heteroatoms. The van der Waals surface area contributed by atoms with E-state index in [2.05, 4.69) is 6.92 Å². The Kier molecular flexibility index (Phi) is 32.3. The number of aliphatic hydroxyl groups is 9. The summed E-state index contributed by atoms with van der Waals surface area (Å²) >= 11 is 0. The van der Waals surface area contributed by atoms with Crippen LogP contribution in [0, 0.1) is 0 Å². The first-order valence-electron chi connectivity index (χ1n) is 12.4. The van der Waals surface area contributed by atoms with Crippen molar-refractivity contribution in [3.63, 3.8) is 0 Å². The second-order valence-corrected chi connectivity index (χ2v) is 7.99. The van der Waals surface area contributed by atoms with Gasteiger partial charge in [0.1, 0.15) is 6.10 Å². The summed E-state index contributed by atoms with van der Waals surface area (Å²) in [5.74, 6) is 0. The second-order valence-electron chi connectivity index (χ2n) is 7.99. The maximum atomic E-state index is 9.98. The molecule has 0 aromatic heterocycles. The Morgan fingerprint density at radius 1 is 0.588 bits per heavy atom. The SMILES string of the molecule is CCCCCCC(O)(CC)C(O)CO.OCCN(CCO)CCO.OCCN(CCO)CCO. The van der Waals surface area contributed by atoms with Crippen LogP contribution >= 0.6 is 0 Å². The molecule has 0 aliphatic carbocycles. The number of rotatable bonds is 20. The summed E-state index contributed by atoms with van der Waals surface area (Å²) in [6.45, 7) is 7.11. The molecule has 0 spiro atoms. The highest BCUT2D eigenvalue weighted by molar-refractivity contribution is 4.84. The number of hydrogen-bond acceptors (Lipinski definition) is 11. The van der Waals surface area contributed by atoms with Crippen molar-refractivity contribution in [3.05, 3.63) is 0 Å². The Morgan fingerprint density at radius 2 is 0.941 bits per heavy atom. The predicted octanol–water partition coefficient (Wildman–Crippen LogP) is -2.02. The van der Waals surface area contributed by atoms with Gasteiger partial charge in [0.15, 0.2) is 0 Å². The Labute approximate surface area is 205 Å². The minimum atomic E-state index is -1.09. The summed E-state index contributed by atoms with van der Waals surface area (Å²) in [7, 11) is 0. The molecule has 0 saturated carbocycles. The second kappa shape index (κ2) is 28.8. The van der Waals surface area contributed by atoms with Gasteiger partial charge in [0.2, 0.25) is 0 Å². The van der Waals surface area contributed by atoms with Gasteiger partial charge in [-0.3, -0.25) is 9.80 Å². The Balaban J connectivity index is -0.000000434. The molecule has 9 N–H and O–H groups in total. The molecular weight excluding hydrogens is 448 g/mol. The van der Waals surface area contributed by atoms with Crippen molar-refractivity contribution in [2.24, 2.45) is 0 Å². The lowest BCUT2D eigenvalue weighted by Gasteiger charge is -2.31. The maximum Gasteiger partial charge on any atom is 0.106 e. The van der Waals surface area contributed by atoms with Gasteiger partial charge in [-0.15, -0.1) is 0 Å². The van der Waals surface area contributed by atoms with Crippen LogP contribution in [-0.2, 0) is 0 Å². The van der Waals surface area contributed by atoms with Gasteiger partial charge in [-0.05, 0) is 12.8 Å². The molecule has 0 rings (SSSR count). The fourth-order valence-electron chi connectivity index (χ4n) is 3.13. The monoisotopic (exact) mass is 502 g/mol. The zero-order valence-corrected chi connectivity index (χ0v) is 21.4. The van der Waals surface area contributed by atoms with Crippen molar-refractivity contribution >= 4 is 0 Å². The topological polar surface area (TPSA) is 189 Å². The van der Waals surface area contributed by atoms with Gasteiger partial charge in [-0.1, -0.05) is 39.5 Å². The molecular formula is C23H54N2O9. The van der Waals surface area contributed by atoms with Crippen LogP contribution in [0.2, 0.25) is 0 Å². The molecule has 0 fully saturated rings. The highest BCUT2D eigenvalue weighted by Gasteiger charge is 2.32. The summed E-state index contributed by atoms with van der Waals surface area (Å²) in [4.78, 5) is 3.58. The summed E-state index contributed by atoms with van der Waals surface area (Å²) in [5.41, 5.74) is -1.09. The van der Waals surface area contributed by atoms with E-state index < -0.39 is 11.7 Å². The molecule has 0 aromatic rings. The van der Waals surface area contributed by atoms with Crippen molar-refractivity contribution in [2.45, 2.75) is 64.1 Å². The fraction of sp³-hybridized carbons (Fsp3) is 1.00. The van der Waals surface area contributed by atoms with E-state index in [0.717, 1.165) is 25.7 Å². The van der Waals surface area contributed by atoms with Crippen LogP contribution < -0.4 is 0 Å². The highest BCUT2D eigenvalue weighted by atomic mass is 16.4. The van der Waals surface area contributed by atoms with Crippen molar-refractivity contribution in [3.8, 4) is 0 Å². The van der Waals surface area contributed by atoms with Crippen molar-refractivity contribution < 1.29 is 46.0 Å². The average Bonchev–Trinajstić information content (AvgIpc) is 2.83. The third kappa shape index (κ3) is 23.3. The van der Waals surface area contributed by atoms with E-state index in [9.17, 15) is 10.2 Å². The summed E-state index contributed by atoms with van der Waals surface area (Å²) in [6, 6.07) is 0.